The second-order valence-corrected chi connectivity index (χ2v) is 5.64. The molecule has 1 saturated heterocycles. The molecule has 2 rings (SSSR count). The van der Waals surface area contributed by atoms with Crippen LogP contribution in [0.4, 0.5) is 5.69 Å². The molecule has 0 atom stereocenters. The summed E-state index contributed by atoms with van der Waals surface area (Å²) in [5, 5.41) is 0.622. The van der Waals surface area contributed by atoms with Gasteiger partial charge in [-0.25, -0.2) is 0 Å². The molecule has 1 fully saturated rings. The molecular weight excluding hydrogens is 246 g/mol. The number of carbonyl (C=O) groups excluding carboxylic acids is 1. The van der Waals surface area contributed by atoms with E-state index in [9.17, 15) is 4.79 Å². The number of anilines is 1. The van der Waals surface area contributed by atoms with Crippen molar-refractivity contribution < 1.29 is 4.79 Å². The van der Waals surface area contributed by atoms with Crippen LogP contribution < -0.4 is 4.90 Å². The van der Waals surface area contributed by atoms with E-state index in [0.717, 1.165) is 25.1 Å². The van der Waals surface area contributed by atoms with Gasteiger partial charge in [0.05, 0.1) is 0 Å². The minimum atomic E-state index is 0.416. The Labute approximate surface area is 114 Å². The Balaban J connectivity index is 2.26. The van der Waals surface area contributed by atoms with Gasteiger partial charge in [0, 0.05) is 29.4 Å². The van der Waals surface area contributed by atoms with Crippen LogP contribution in [-0.2, 0) is 0 Å². The summed E-state index contributed by atoms with van der Waals surface area (Å²) in [6.07, 6.45) is 4.51. The van der Waals surface area contributed by atoms with Gasteiger partial charge in [0.25, 0.3) is 0 Å². The normalized spacial score (nSPS) is 18.1. The van der Waals surface area contributed by atoms with Crippen molar-refractivity contribution in [1.82, 2.24) is 0 Å². The summed E-state index contributed by atoms with van der Waals surface area (Å²) < 4.78 is 0. The molecule has 0 spiro atoms. The van der Waals surface area contributed by atoms with Crippen LogP contribution in [0.3, 0.4) is 0 Å². The number of nitrogens with zero attached hydrogens (tertiary/aromatic N) is 1. The van der Waals surface area contributed by atoms with Gasteiger partial charge in [-0.15, -0.1) is 0 Å². The van der Waals surface area contributed by atoms with E-state index in [2.05, 4.69) is 18.7 Å². The Morgan fingerprint density at radius 3 is 2.67 bits per heavy atom. The molecule has 1 aromatic rings. The standard InChI is InChI=1S/C15H20ClNO/c1-3-15(4-2)7-8-17(11-15)14-6-5-13(16)9-12(14)10-18/h5-6,9-10H,3-4,7-8,11H2,1-2H3. The Bertz CT molecular complexity index is 440. The molecule has 0 radical (unpaired) electrons. The summed E-state index contributed by atoms with van der Waals surface area (Å²) in [5.41, 5.74) is 2.14. The Kier molecular flexibility index (Phi) is 3.96. The number of carbonyl (C=O) groups is 1. The molecule has 0 saturated carbocycles. The van der Waals surface area contributed by atoms with Crippen molar-refractivity contribution in [1.29, 1.82) is 0 Å². The van der Waals surface area contributed by atoms with Crippen LogP contribution in [-0.4, -0.2) is 19.4 Å². The fourth-order valence-corrected chi connectivity index (χ4v) is 3.06. The monoisotopic (exact) mass is 265 g/mol. The zero-order valence-electron chi connectivity index (χ0n) is 11.1. The predicted molar refractivity (Wildman–Crippen MR) is 76.7 cm³/mol. The van der Waals surface area contributed by atoms with Crippen molar-refractivity contribution in [3.63, 3.8) is 0 Å². The molecule has 0 N–H and O–H groups in total. The number of halogens is 1. The average molecular weight is 266 g/mol. The lowest BCUT2D eigenvalue weighted by molar-refractivity contribution is 0.112. The molecule has 0 aliphatic carbocycles. The summed E-state index contributed by atoms with van der Waals surface area (Å²) in [6.45, 7) is 6.59. The van der Waals surface area contributed by atoms with Crippen molar-refractivity contribution in [2.45, 2.75) is 33.1 Å². The third kappa shape index (κ3) is 2.39. The van der Waals surface area contributed by atoms with E-state index in [1.54, 1.807) is 6.07 Å². The first-order valence-electron chi connectivity index (χ1n) is 6.64. The summed E-state index contributed by atoms with van der Waals surface area (Å²) in [5.74, 6) is 0. The van der Waals surface area contributed by atoms with Crippen LogP contribution in [0, 0.1) is 5.41 Å². The van der Waals surface area contributed by atoms with Crippen molar-refractivity contribution in [2.24, 2.45) is 5.41 Å². The van der Waals surface area contributed by atoms with Crippen molar-refractivity contribution in [3.8, 4) is 0 Å². The third-order valence-corrected chi connectivity index (χ3v) is 4.63. The first kappa shape index (κ1) is 13.4. The molecule has 2 nitrogen and oxygen atoms in total. The minimum Gasteiger partial charge on any atom is -0.370 e. The van der Waals surface area contributed by atoms with Crippen LogP contribution in [0.2, 0.25) is 5.02 Å². The van der Waals surface area contributed by atoms with Gasteiger partial charge in [-0.05, 0) is 42.9 Å². The summed E-state index contributed by atoms with van der Waals surface area (Å²) in [7, 11) is 0. The number of rotatable bonds is 4. The first-order chi connectivity index (χ1) is 8.64. The first-order valence-corrected chi connectivity index (χ1v) is 7.01. The molecule has 0 aromatic heterocycles. The number of hydrogen-bond acceptors (Lipinski definition) is 2. The van der Waals surface area contributed by atoms with Gasteiger partial charge < -0.3 is 4.90 Å². The molecule has 1 heterocycles. The van der Waals surface area contributed by atoms with Gasteiger partial charge in [-0.3, -0.25) is 4.79 Å². The van der Waals surface area contributed by atoms with Gasteiger partial charge in [0.15, 0.2) is 6.29 Å². The van der Waals surface area contributed by atoms with Gasteiger partial charge in [-0.2, -0.15) is 0 Å². The Morgan fingerprint density at radius 1 is 1.39 bits per heavy atom. The zero-order valence-corrected chi connectivity index (χ0v) is 11.8. The SMILES string of the molecule is CCC1(CC)CCN(c2ccc(Cl)cc2C=O)C1. The highest BCUT2D eigenvalue weighted by atomic mass is 35.5. The molecule has 1 aliphatic rings. The minimum absolute atomic E-state index is 0.416. The quantitative estimate of drug-likeness (QED) is 0.762. The summed E-state index contributed by atoms with van der Waals surface area (Å²) in [4.78, 5) is 13.5. The molecule has 0 unspecified atom stereocenters. The zero-order chi connectivity index (χ0) is 13.2. The molecular formula is C15H20ClNO. The fraction of sp³-hybridized carbons (Fsp3) is 0.533. The smallest absolute Gasteiger partial charge is 0.152 e. The van der Waals surface area contributed by atoms with E-state index in [4.69, 9.17) is 11.6 Å². The van der Waals surface area contributed by atoms with Gasteiger partial charge in [-0.1, -0.05) is 25.4 Å². The summed E-state index contributed by atoms with van der Waals surface area (Å²) >= 11 is 5.94. The highest BCUT2D eigenvalue weighted by molar-refractivity contribution is 6.31. The van der Waals surface area contributed by atoms with Gasteiger partial charge >= 0.3 is 0 Å². The predicted octanol–water partition coefficient (Wildman–Crippen LogP) is 4.17. The Hall–Kier alpha value is -1.02. The molecule has 3 heteroatoms. The average Bonchev–Trinajstić information content (AvgIpc) is 2.83. The van der Waals surface area contributed by atoms with Gasteiger partial charge in [0.2, 0.25) is 0 Å². The molecule has 98 valence electrons. The maximum Gasteiger partial charge on any atom is 0.152 e. The van der Waals surface area contributed by atoms with Crippen LogP contribution in [0.1, 0.15) is 43.5 Å². The molecule has 18 heavy (non-hydrogen) atoms. The topological polar surface area (TPSA) is 20.3 Å². The second-order valence-electron chi connectivity index (χ2n) is 5.20. The molecule has 0 bridgehead atoms. The lowest BCUT2D eigenvalue weighted by Gasteiger charge is -2.27. The maximum atomic E-state index is 11.2. The third-order valence-electron chi connectivity index (χ3n) is 4.40. The summed E-state index contributed by atoms with van der Waals surface area (Å²) in [6, 6.07) is 5.58. The lowest BCUT2D eigenvalue weighted by Crippen LogP contribution is -2.26. The number of hydrogen-bond donors (Lipinski definition) is 0. The highest BCUT2D eigenvalue weighted by Gasteiger charge is 2.35. The molecule has 1 aliphatic heterocycles. The molecule has 0 amide bonds. The van der Waals surface area contributed by atoms with E-state index in [1.807, 2.05) is 12.1 Å². The van der Waals surface area contributed by atoms with Crippen LogP contribution in [0.15, 0.2) is 18.2 Å². The van der Waals surface area contributed by atoms with E-state index >= 15 is 0 Å². The van der Waals surface area contributed by atoms with Crippen LogP contribution >= 0.6 is 11.6 Å². The lowest BCUT2D eigenvalue weighted by atomic mass is 9.82. The fourth-order valence-electron chi connectivity index (χ4n) is 2.88. The van der Waals surface area contributed by atoms with Crippen LogP contribution in [0.5, 0.6) is 0 Å². The largest absolute Gasteiger partial charge is 0.370 e. The van der Waals surface area contributed by atoms with E-state index < -0.39 is 0 Å². The second kappa shape index (κ2) is 5.31. The van der Waals surface area contributed by atoms with Gasteiger partial charge in [0.1, 0.15) is 0 Å². The van der Waals surface area contributed by atoms with E-state index in [0.29, 0.717) is 16.0 Å². The van der Waals surface area contributed by atoms with Crippen molar-refractivity contribution in [3.05, 3.63) is 28.8 Å². The number of benzene rings is 1. The van der Waals surface area contributed by atoms with Crippen LogP contribution in [0.25, 0.3) is 0 Å². The maximum absolute atomic E-state index is 11.2. The Morgan fingerprint density at radius 2 is 2.11 bits per heavy atom. The van der Waals surface area contributed by atoms with Crippen molar-refractivity contribution in [2.75, 3.05) is 18.0 Å². The molecule has 1 aromatic carbocycles. The highest BCUT2D eigenvalue weighted by Crippen LogP contribution is 2.39. The van der Waals surface area contributed by atoms with Crippen molar-refractivity contribution >= 4 is 23.6 Å². The van der Waals surface area contributed by atoms with E-state index in [-0.39, 0.29) is 0 Å². The number of aldehydes is 1. The van der Waals surface area contributed by atoms with E-state index in [1.165, 1.54) is 19.3 Å².